The highest BCUT2D eigenvalue weighted by atomic mass is 32.1. The Labute approximate surface area is 115 Å². The van der Waals surface area contributed by atoms with Crippen molar-refractivity contribution >= 4 is 32.9 Å². The summed E-state index contributed by atoms with van der Waals surface area (Å²) in [6.07, 6.45) is 0. The highest BCUT2D eigenvalue weighted by Crippen LogP contribution is 2.22. The molecule has 98 valence electrons. The van der Waals surface area contributed by atoms with Crippen LogP contribution in [0.15, 0.2) is 0 Å². The van der Waals surface area contributed by atoms with Crippen LogP contribution in [0.4, 0.5) is 10.3 Å². The van der Waals surface area contributed by atoms with E-state index in [1.54, 1.807) is 22.7 Å². The molecule has 0 saturated carbocycles. The summed E-state index contributed by atoms with van der Waals surface area (Å²) in [6, 6.07) is 0. The minimum Gasteiger partial charge on any atom is -0.360 e. The lowest BCUT2D eigenvalue weighted by Gasteiger charge is -2.03. The van der Waals surface area contributed by atoms with E-state index < -0.39 is 0 Å². The molecule has 0 spiro atoms. The van der Waals surface area contributed by atoms with Gasteiger partial charge in [-0.2, -0.15) is 0 Å². The highest BCUT2D eigenvalue weighted by Gasteiger charge is 2.04. The van der Waals surface area contributed by atoms with E-state index in [1.165, 1.54) is 9.75 Å². The van der Waals surface area contributed by atoms with Crippen molar-refractivity contribution in [2.45, 2.75) is 27.7 Å². The van der Waals surface area contributed by atoms with Crippen molar-refractivity contribution in [3.8, 4) is 0 Å². The Hall–Kier alpha value is -1.14. The SMILES string of the molecule is Cc1nc(NCCNc2nc(C)c(C)s2)sc1C. The summed E-state index contributed by atoms with van der Waals surface area (Å²) in [5.41, 5.74) is 2.23. The number of thiazole rings is 2. The number of aryl methyl sites for hydroxylation is 4. The van der Waals surface area contributed by atoms with Crippen molar-refractivity contribution < 1.29 is 0 Å². The summed E-state index contributed by atoms with van der Waals surface area (Å²) < 4.78 is 0. The van der Waals surface area contributed by atoms with Gasteiger partial charge >= 0.3 is 0 Å². The Morgan fingerprint density at radius 1 is 0.778 bits per heavy atom. The first-order valence-corrected chi connectivity index (χ1v) is 7.55. The van der Waals surface area contributed by atoms with Crippen LogP contribution in [-0.2, 0) is 0 Å². The van der Waals surface area contributed by atoms with Crippen molar-refractivity contribution in [3.63, 3.8) is 0 Å². The first-order valence-electron chi connectivity index (χ1n) is 5.92. The molecule has 0 unspecified atom stereocenters. The van der Waals surface area contributed by atoms with Gasteiger partial charge in [-0.15, -0.1) is 22.7 Å². The van der Waals surface area contributed by atoms with Crippen molar-refractivity contribution in [2.75, 3.05) is 23.7 Å². The molecule has 6 heteroatoms. The minimum absolute atomic E-state index is 0.851. The molecule has 0 aliphatic heterocycles. The van der Waals surface area contributed by atoms with Crippen LogP contribution >= 0.6 is 22.7 Å². The number of nitrogens with one attached hydrogen (secondary N) is 2. The lowest BCUT2D eigenvalue weighted by Crippen LogP contribution is -2.13. The van der Waals surface area contributed by atoms with Gasteiger partial charge < -0.3 is 10.6 Å². The second kappa shape index (κ2) is 5.67. The number of rotatable bonds is 5. The average molecular weight is 282 g/mol. The normalized spacial score (nSPS) is 10.7. The predicted octanol–water partition coefficient (Wildman–Crippen LogP) is 3.36. The second-order valence-corrected chi connectivity index (χ2v) is 6.58. The van der Waals surface area contributed by atoms with E-state index in [9.17, 15) is 0 Å². The summed E-state index contributed by atoms with van der Waals surface area (Å²) in [7, 11) is 0. The largest absolute Gasteiger partial charge is 0.360 e. The molecular weight excluding hydrogens is 264 g/mol. The van der Waals surface area contributed by atoms with Crippen LogP contribution in [0.3, 0.4) is 0 Å². The monoisotopic (exact) mass is 282 g/mol. The molecule has 0 radical (unpaired) electrons. The molecule has 0 bridgehead atoms. The van der Waals surface area contributed by atoms with Gasteiger partial charge in [0.05, 0.1) is 11.4 Å². The van der Waals surface area contributed by atoms with Crippen LogP contribution < -0.4 is 10.6 Å². The molecule has 0 aromatic carbocycles. The highest BCUT2D eigenvalue weighted by molar-refractivity contribution is 7.16. The Morgan fingerprint density at radius 2 is 1.17 bits per heavy atom. The molecule has 2 rings (SSSR count). The van der Waals surface area contributed by atoms with Crippen molar-refractivity contribution in [1.29, 1.82) is 0 Å². The van der Waals surface area contributed by atoms with E-state index in [2.05, 4.69) is 34.4 Å². The molecular formula is C12H18N4S2. The molecule has 2 aromatic rings. The fourth-order valence-electron chi connectivity index (χ4n) is 1.44. The van der Waals surface area contributed by atoms with Crippen LogP contribution in [0.25, 0.3) is 0 Å². The molecule has 0 saturated heterocycles. The van der Waals surface area contributed by atoms with Gasteiger partial charge in [0, 0.05) is 22.8 Å². The molecule has 2 N–H and O–H groups in total. The number of anilines is 2. The van der Waals surface area contributed by atoms with E-state index in [0.29, 0.717) is 0 Å². The zero-order valence-electron chi connectivity index (χ0n) is 11.1. The molecule has 2 heterocycles. The number of hydrogen-bond donors (Lipinski definition) is 2. The molecule has 0 aliphatic rings. The zero-order valence-corrected chi connectivity index (χ0v) is 12.8. The van der Waals surface area contributed by atoms with E-state index >= 15 is 0 Å². The van der Waals surface area contributed by atoms with Crippen LogP contribution in [0.1, 0.15) is 21.1 Å². The lowest BCUT2D eigenvalue weighted by molar-refractivity contribution is 1.06. The third kappa shape index (κ3) is 3.20. The summed E-state index contributed by atoms with van der Waals surface area (Å²) in [6.45, 7) is 9.97. The maximum absolute atomic E-state index is 4.44. The van der Waals surface area contributed by atoms with Gasteiger partial charge in [-0.05, 0) is 27.7 Å². The topological polar surface area (TPSA) is 49.8 Å². The summed E-state index contributed by atoms with van der Waals surface area (Å²) in [4.78, 5) is 11.4. The van der Waals surface area contributed by atoms with Gasteiger partial charge in [-0.3, -0.25) is 0 Å². The maximum Gasteiger partial charge on any atom is 0.183 e. The first-order chi connectivity index (χ1) is 8.56. The van der Waals surface area contributed by atoms with Crippen molar-refractivity contribution in [1.82, 2.24) is 9.97 Å². The fourth-order valence-corrected chi connectivity index (χ4v) is 3.12. The predicted molar refractivity (Wildman–Crippen MR) is 80.2 cm³/mol. The Balaban J connectivity index is 1.76. The maximum atomic E-state index is 4.44. The molecule has 0 aliphatic carbocycles. The third-order valence-electron chi connectivity index (χ3n) is 2.73. The number of hydrogen-bond acceptors (Lipinski definition) is 6. The smallest absolute Gasteiger partial charge is 0.183 e. The molecule has 0 fully saturated rings. The summed E-state index contributed by atoms with van der Waals surface area (Å²) >= 11 is 3.41. The number of aromatic nitrogens is 2. The van der Waals surface area contributed by atoms with E-state index in [0.717, 1.165) is 34.7 Å². The van der Waals surface area contributed by atoms with Gasteiger partial charge in [-0.25, -0.2) is 9.97 Å². The van der Waals surface area contributed by atoms with Gasteiger partial charge in [0.2, 0.25) is 0 Å². The van der Waals surface area contributed by atoms with E-state index in [1.807, 2.05) is 13.8 Å². The molecule has 4 nitrogen and oxygen atoms in total. The van der Waals surface area contributed by atoms with Crippen LogP contribution in [-0.4, -0.2) is 23.1 Å². The number of nitrogens with zero attached hydrogens (tertiary/aromatic N) is 2. The van der Waals surface area contributed by atoms with Gasteiger partial charge in [-0.1, -0.05) is 0 Å². The fraction of sp³-hybridized carbons (Fsp3) is 0.500. The van der Waals surface area contributed by atoms with E-state index in [-0.39, 0.29) is 0 Å². The first kappa shape index (κ1) is 13.3. The van der Waals surface area contributed by atoms with Gasteiger partial charge in [0.1, 0.15) is 0 Å². The second-order valence-electron chi connectivity index (χ2n) is 4.17. The van der Waals surface area contributed by atoms with Crippen molar-refractivity contribution in [2.24, 2.45) is 0 Å². The lowest BCUT2D eigenvalue weighted by atomic mass is 10.4. The van der Waals surface area contributed by atoms with Crippen LogP contribution in [0.2, 0.25) is 0 Å². The molecule has 0 atom stereocenters. The standard InChI is InChI=1S/C12H18N4S2/c1-7-9(3)17-11(15-7)13-5-6-14-12-16-8(2)10(4)18-12/h5-6H2,1-4H3,(H,13,15)(H,14,16). The average Bonchev–Trinajstić information content (AvgIpc) is 2.79. The molecule has 2 aromatic heterocycles. The third-order valence-corrected chi connectivity index (χ3v) is 4.80. The van der Waals surface area contributed by atoms with Gasteiger partial charge in [0.15, 0.2) is 10.3 Å². The Kier molecular flexibility index (Phi) is 4.19. The quantitative estimate of drug-likeness (QED) is 0.826. The Morgan fingerprint density at radius 3 is 1.44 bits per heavy atom. The van der Waals surface area contributed by atoms with Gasteiger partial charge in [0.25, 0.3) is 0 Å². The van der Waals surface area contributed by atoms with Crippen LogP contribution in [0.5, 0.6) is 0 Å². The Bertz CT molecular complexity index is 443. The minimum atomic E-state index is 0.851. The zero-order chi connectivity index (χ0) is 13.1. The summed E-state index contributed by atoms with van der Waals surface area (Å²) in [5, 5.41) is 8.64. The molecule has 0 amide bonds. The van der Waals surface area contributed by atoms with Crippen molar-refractivity contribution in [3.05, 3.63) is 21.1 Å². The van der Waals surface area contributed by atoms with E-state index in [4.69, 9.17) is 0 Å². The van der Waals surface area contributed by atoms with Crippen LogP contribution in [0, 0.1) is 27.7 Å². The molecule has 18 heavy (non-hydrogen) atoms. The summed E-state index contributed by atoms with van der Waals surface area (Å²) in [5.74, 6) is 0.